The number of nitro groups is 1. The van der Waals surface area contributed by atoms with Gasteiger partial charge in [-0.1, -0.05) is 42.5 Å². The van der Waals surface area contributed by atoms with Crippen LogP contribution in [0.2, 0.25) is 0 Å². The van der Waals surface area contributed by atoms with Crippen LogP contribution in [0.25, 0.3) is 22.3 Å². The number of hydrogen-bond donors (Lipinski definition) is 1. The van der Waals surface area contributed by atoms with Crippen molar-refractivity contribution in [2.75, 3.05) is 0 Å². The smallest absolute Gasteiger partial charge is 0.311 e. The highest BCUT2D eigenvalue weighted by atomic mass is 16.6. The number of aromatic hydroxyl groups is 1. The Morgan fingerprint density at radius 2 is 1.72 bits per heavy atom. The average Bonchev–Trinajstić information content (AvgIpc) is 2.75. The number of fused-ring (bicyclic) bond motifs is 1. The predicted molar refractivity (Wildman–Crippen MR) is 107 cm³/mol. The molecule has 1 heterocycles. The lowest BCUT2D eigenvalue weighted by Gasteiger charge is -2.09. The summed E-state index contributed by atoms with van der Waals surface area (Å²) in [5, 5.41) is 22.1. The molecule has 3 aromatic carbocycles. The van der Waals surface area contributed by atoms with Crippen molar-refractivity contribution in [3.8, 4) is 22.8 Å². The molecule has 0 saturated heterocycles. The van der Waals surface area contributed by atoms with Crippen molar-refractivity contribution < 1.29 is 19.2 Å². The Labute approximate surface area is 164 Å². The van der Waals surface area contributed by atoms with Gasteiger partial charge in [-0.15, -0.1) is 0 Å². The third-order valence-corrected chi connectivity index (χ3v) is 4.43. The maximum atomic E-state index is 12.4. The molecule has 1 aromatic heterocycles. The summed E-state index contributed by atoms with van der Waals surface area (Å²) < 4.78 is 11.3. The summed E-state index contributed by atoms with van der Waals surface area (Å²) in [6.07, 6.45) is 0. The van der Waals surface area contributed by atoms with Crippen LogP contribution in [-0.4, -0.2) is 10.0 Å². The first-order chi connectivity index (χ1) is 14.0. The molecule has 0 radical (unpaired) electrons. The molecule has 0 unspecified atom stereocenters. The predicted octanol–water partition coefficient (Wildman–Crippen LogP) is 4.65. The standard InChI is InChI=1S/C22H15NO6/c24-20-16-8-4-5-9-18(16)29-22(21(20)25)15-10-11-19(17(12-15)23(26)27)28-13-14-6-2-1-3-7-14/h1-12,25H,13H2. The molecule has 0 amide bonds. The largest absolute Gasteiger partial charge is 0.502 e. The van der Waals surface area contributed by atoms with Gasteiger partial charge in [-0.25, -0.2) is 0 Å². The molecule has 7 heteroatoms. The van der Waals surface area contributed by atoms with Gasteiger partial charge in [-0.3, -0.25) is 14.9 Å². The van der Waals surface area contributed by atoms with Gasteiger partial charge in [0.1, 0.15) is 12.2 Å². The highest BCUT2D eigenvalue weighted by molar-refractivity contribution is 5.82. The van der Waals surface area contributed by atoms with Crippen LogP contribution in [-0.2, 0) is 6.61 Å². The Balaban J connectivity index is 1.75. The van der Waals surface area contributed by atoms with Gasteiger partial charge in [0, 0.05) is 11.6 Å². The first-order valence-electron chi connectivity index (χ1n) is 8.75. The summed E-state index contributed by atoms with van der Waals surface area (Å²) in [4.78, 5) is 23.4. The summed E-state index contributed by atoms with van der Waals surface area (Å²) >= 11 is 0. The average molecular weight is 389 g/mol. The van der Waals surface area contributed by atoms with Crippen molar-refractivity contribution in [2.45, 2.75) is 6.61 Å². The van der Waals surface area contributed by atoms with Crippen LogP contribution in [0, 0.1) is 10.1 Å². The van der Waals surface area contributed by atoms with Crippen LogP contribution >= 0.6 is 0 Å². The number of ether oxygens (including phenoxy) is 1. The van der Waals surface area contributed by atoms with E-state index in [1.807, 2.05) is 30.3 Å². The topological polar surface area (TPSA) is 103 Å². The maximum absolute atomic E-state index is 12.4. The molecule has 0 bridgehead atoms. The number of benzene rings is 3. The van der Waals surface area contributed by atoms with E-state index in [0.717, 1.165) is 5.56 Å². The molecule has 0 aliphatic rings. The highest BCUT2D eigenvalue weighted by Gasteiger charge is 2.21. The van der Waals surface area contributed by atoms with Crippen molar-refractivity contribution >= 4 is 16.7 Å². The van der Waals surface area contributed by atoms with Gasteiger partial charge in [-0.2, -0.15) is 0 Å². The molecule has 0 fully saturated rings. The molecule has 144 valence electrons. The van der Waals surface area contributed by atoms with Gasteiger partial charge in [-0.05, 0) is 29.8 Å². The van der Waals surface area contributed by atoms with Crippen LogP contribution in [0.15, 0.2) is 82.0 Å². The summed E-state index contributed by atoms with van der Waals surface area (Å²) in [7, 11) is 0. The Morgan fingerprint density at radius 1 is 1.00 bits per heavy atom. The molecular formula is C22H15NO6. The van der Waals surface area contributed by atoms with Crippen LogP contribution in [0.3, 0.4) is 0 Å². The second-order valence-electron chi connectivity index (χ2n) is 6.32. The van der Waals surface area contributed by atoms with Crippen molar-refractivity contribution in [1.29, 1.82) is 0 Å². The number of rotatable bonds is 5. The zero-order valence-electron chi connectivity index (χ0n) is 15.1. The van der Waals surface area contributed by atoms with Gasteiger partial charge in [0.15, 0.2) is 11.5 Å². The second kappa shape index (κ2) is 7.47. The normalized spacial score (nSPS) is 10.8. The van der Waals surface area contributed by atoms with E-state index in [4.69, 9.17) is 9.15 Å². The summed E-state index contributed by atoms with van der Waals surface area (Å²) in [5.41, 5.74) is 0.438. The van der Waals surface area contributed by atoms with Gasteiger partial charge in [0.2, 0.25) is 11.2 Å². The minimum absolute atomic E-state index is 0.0743. The van der Waals surface area contributed by atoms with E-state index >= 15 is 0 Å². The van der Waals surface area contributed by atoms with Gasteiger partial charge in [0.25, 0.3) is 0 Å². The van der Waals surface area contributed by atoms with Crippen molar-refractivity contribution in [1.82, 2.24) is 0 Å². The van der Waals surface area contributed by atoms with Crippen LogP contribution in [0.5, 0.6) is 11.5 Å². The molecule has 0 atom stereocenters. The third kappa shape index (κ3) is 3.53. The van der Waals surface area contributed by atoms with E-state index in [-0.39, 0.29) is 40.3 Å². The van der Waals surface area contributed by atoms with Gasteiger partial charge < -0.3 is 14.3 Å². The molecule has 4 rings (SSSR count). The Morgan fingerprint density at radius 3 is 2.48 bits per heavy atom. The van der Waals surface area contributed by atoms with Crippen LogP contribution in [0.4, 0.5) is 5.69 Å². The fourth-order valence-corrected chi connectivity index (χ4v) is 2.99. The SMILES string of the molecule is O=c1c(O)c(-c2ccc(OCc3ccccc3)c([N+](=O)[O-])c2)oc2ccccc12. The third-order valence-electron chi connectivity index (χ3n) is 4.43. The van der Waals surface area contributed by atoms with E-state index < -0.39 is 16.1 Å². The number of nitrogens with zero attached hydrogens (tertiary/aromatic N) is 1. The van der Waals surface area contributed by atoms with Gasteiger partial charge >= 0.3 is 5.69 Å². The summed E-state index contributed by atoms with van der Waals surface area (Å²) in [5.74, 6) is -0.660. The lowest BCUT2D eigenvalue weighted by molar-refractivity contribution is -0.385. The minimum atomic E-state index is -0.603. The molecule has 1 N–H and O–H groups in total. The fraction of sp³-hybridized carbons (Fsp3) is 0.0455. The molecule has 0 spiro atoms. The first-order valence-corrected chi connectivity index (χ1v) is 8.75. The van der Waals surface area contributed by atoms with E-state index in [1.165, 1.54) is 24.3 Å². The molecule has 29 heavy (non-hydrogen) atoms. The maximum Gasteiger partial charge on any atom is 0.311 e. The lowest BCUT2D eigenvalue weighted by atomic mass is 10.1. The minimum Gasteiger partial charge on any atom is -0.502 e. The number of para-hydroxylation sites is 1. The van der Waals surface area contributed by atoms with Crippen molar-refractivity contribution in [3.63, 3.8) is 0 Å². The molecule has 0 aliphatic carbocycles. The van der Waals surface area contributed by atoms with Crippen LogP contribution in [0.1, 0.15) is 5.56 Å². The quantitative estimate of drug-likeness (QED) is 0.394. The van der Waals surface area contributed by atoms with E-state index in [9.17, 15) is 20.0 Å². The van der Waals surface area contributed by atoms with Crippen molar-refractivity contribution in [2.24, 2.45) is 0 Å². The van der Waals surface area contributed by atoms with Crippen molar-refractivity contribution in [3.05, 3.63) is 98.7 Å². The molecule has 0 aliphatic heterocycles. The number of nitro benzene ring substituents is 1. The lowest BCUT2D eigenvalue weighted by Crippen LogP contribution is -2.03. The second-order valence-corrected chi connectivity index (χ2v) is 6.32. The first kappa shape index (κ1) is 18.2. The zero-order chi connectivity index (χ0) is 20.4. The summed E-state index contributed by atoms with van der Waals surface area (Å²) in [6, 6.07) is 19.9. The Hall–Kier alpha value is -4.13. The molecule has 0 saturated carbocycles. The van der Waals surface area contributed by atoms with Crippen LogP contribution < -0.4 is 10.2 Å². The van der Waals surface area contributed by atoms with E-state index in [1.54, 1.807) is 18.2 Å². The highest BCUT2D eigenvalue weighted by Crippen LogP contribution is 2.36. The van der Waals surface area contributed by atoms with E-state index in [2.05, 4.69) is 0 Å². The molecule has 4 aromatic rings. The molecule has 7 nitrogen and oxygen atoms in total. The Bertz CT molecular complexity index is 1260. The molecular weight excluding hydrogens is 374 g/mol. The number of hydrogen-bond acceptors (Lipinski definition) is 6. The van der Waals surface area contributed by atoms with E-state index in [0.29, 0.717) is 0 Å². The Kier molecular flexibility index (Phi) is 4.70. The van der Waals surface area contributed by atoms with Gasteiger partial charge in [0.05, 0.1) is 10.3 Å². The summed E-state index contributed by atoms with van der Waals surface area (Å²) in [6.45, 7) is 0.164. The monoisotopic (exact) mass is 389 g/mol. The fourth-order valence-electron chi connectivity index (χ4n) is 2.99. The zero-order valence-corrected chi connectivity index (χ0v) is 15.1.